The molecule has 1 aromatic carbocycles. The SMILES string of the molecule is CCC1(C(=O)O)CCCN1S(=O)(=O)Cc1ccc(F)cc1. The van der Waals surface area contributed by atoms with Crippen molar-refractivity contribution in [2.75, 3.05) is 6.54 Å². The quantitative estimate of drug-likeness (QED) is 0.901. The summed E-state index contributed by atoms with van der Waals surface area (Å²) in [7, 11) is -3.76. The van der Waals surface area contributed by atoms with Crippen LogP contribution in [0.2, 0.25) is 0 Å². The second kappa shape index (κ2) is 5.73. The van der Waals surface area contributed by atoms with Gasteiger partial charge in [0.15, 0.2) is 0 Å². The molecule has 0 amide bonds. The Bertz CT molecular complexity index is 629. The molecule has 1 atom stereocenters. The fraction of sp³-hybridized carbons (Fsp3) is 0.500. The Labute approximate surface area is 123 Å². The van der Waals surface area contributed by atoms with Crippen molar-refractivity contribution in [3.05, 3.63) is 35.6 Å². The number of hydrogen-bond donors (Lipinski definition) is 1. The molecule has 2 rings (SSSR count). The van der Waals surface area contributed by atoms with E-state index in [4.69, 9.17) is 0 Å². The molecule has 0 saturated carbocycles. The maximum Gasteiger partial charge on any atom is 0.325 e. The standard InChI is InChI=1S/C14H18FNO4S/c1-2-14(13(17)18)8-3-9-16(14)21(19,20)10-11-4-6-12(15)7-5-11/h4-7H,2-3,8-10H2,1H3,(H,17,18). The highest BCUT2D eigenvalue weighted by Gasteiger charge is 2.51. The number of benzene rings is 1. The molecule has 0 aliphatic carbocycles. The lowest BCUT2D eigenvalue weighted by molar-refractivity contribution is -0.147. The van der Waals surface area contributed by atoms with Gasteiger partial charge in [0, 0.05) is 6.54 Å². The summed E-state index contributed by atoms with van der Waals surface area (Å²) in [4.78, 5) is 11.6. The molecule has 116 valence electrons. The summed E-state index contributed by atoms with van der Waals surface area (Å²) in [6.07, 6.45) is 1.08. The fourth-order valence-corrected chi connectivity index (χ4v) is 4.85. The highest BCUT2D eigenvalue weighted by atomic mass is 32.2. The smallest absolute Gasteiger partial charge is 0.325 e. The predicted octanol–water partition coefficient (Wildman–Crippen LogP) is 1.98. The van der Waals surface area contributed by atoms with E-state index in [1.165, 1.54) is 24.3 Å². The third-order valence-corrected chi connectivity index (χ3v) is 5.91. The monoisotopic (exact) mass is 315 g/mol. The highest BCUT2D eigenvalue weighted by Crippen LogP contribution is 2.36. The van der Waals surface area contributed by atoms with Gasteiger partial charge >= 0.3 is 5.97 Å². The average Bonchev–Trinajstić information content (AvgIpc) is 2.87. The van der Waals surface area contributed by atoms with Crippen molar-refractivity contribution in [1.82, 2.24) is 4.31 Å². The second-order valence-electron chi connectivity index (χ2n) is 5.25. The van der Waals surface area contributed by atoms with Crippen LogP contribution in [0.15, 0.2) is 24.3 Å². The van der Waals surface area contributed by atoms with Gasteiger partial charge in [0.2, 0.25) is 10.0 Å². The van der Waals surface area contributed by atoms with Gasteiger partial charge in [0.25, 0.3) is 0 Å². The molecule has 1 unspecified atom stereocenters. The van der Waals surface area contributed by atoms with Crippen LogP contribution in [-0.4, -0.2) is 35.9 Å². The number of rotatable bonds is 5. The Morgan fingerprint density at radius 3 is 2.52 bits per heavy atom. The van der Waals surface area contributed by atoms with Crippen molar-refractivity contribution in [3.8, 4) is 0 Å². The van der Waals surface area contributed by atoms with Crippen molar-refractivity contribution in [2.45, 2.75) is 37.5 Å². The first-order chi connectivity index (χ1) is 9.82. The molecule has 1 fully saturated rings. The van der Waals surface area contributed by atoms with E-state index in [1.54, 1.807) is 6.92 Å². The van der Waals surface area contributed by atoms with Gasteiger partial charge in [-0.15, -0.1) is 0 Å². The Kier molecular flexibility index (Phi) is 4.34. The second-order valence-corrected chi connectivity index (χ2v) is 7.14. The average molecular weight is 315 g/mol. The summed E-state index contributed by atoms with van der Waals surface area (Å²) in [5.74, 6) is -1.86. The van der Waals surface area contributed by atoms with Crippen molar-refractivity contribution < 1.29 is 22.7 Å². The third-order valence-electron chi connectivity index (χ3n) is 4.01. The van der Waals surface area contributed by atoms with Gasteiger partial charge in [-0.25, -0.2) is 12.8 Å². The Morgan fingerprint density at radius 2 is 2.00 bits per heavy atom. The van der Waals surface area contributed by atoms with E-state index in [1.807, 2.05) is 0 Å². The lowest BCUT2D eigenvalue weighted by Crippen LogP contribution is -2.52. The van der Waals surface area contributed by atoms with Crippen LogP contribution in [0.4, 0.5) is 4.39 Å². The summed E-state index contributed by atoms with van der Waals surface area (Å²) in [6, 6.07) is 5.19. The molecule has 1 N–H and O–H groups in total. The number of nitrogens with zero attached hydrogens (tertiary/aromatic N) is 1. The number of sulfonamides is 1. The molecule has 1 aliphatic rings. The van der Waals surface area contributed by atoms with E-state index >= 15 is 0 Å². The molecule has 1 heterocycles. The molecular formula is C14H18FNO4S. The van der Waals surface area contributed by atoms with Crippen LogP contribution in [-0.2, 0) is 20.6 Å². The van der Waals surface area contributed by atoms with Crippen molar-refractivity contribution in [2.24, 2.45) is 0 Å². The summed E-state index contributed by atoms with van der Waals surface area (Å²) in [5.41, 5.74) is -0.905. The number of carboxylic acids is 1. The third kappa shape index (κ3) is 2.94. The largest absolute Gasteiger partial charge is 0.480 e. The van der Waals surface area contributed by atoms with E-state index in [0.717, 1.165) is 4.31 Å². The number of carbonyl (C=O) groups is 1. The molecule has 7 heteroatoms. The minimum atomic E-state index is -3.76. The maximum absolute atomic E-state index is 12.9. The Balaban J connectivity index is 2.30. The number of aliphatic carboxylic acids is 1. The molecule has 0 spiro atoms. The van der Waals surface area contributed by atoms with E-state index < -0.39 is 27.3 Å². The first kappa shape index (κ1) is 15.9. The molecule has 21 heavy (non-hydrogen) atoms. The molecule has 0 bridgehead atoms. The van der Waals surface area contributed by atoms with Crippen LogP contribution >= 0.6 is 0 Å². The zero-order chi connectivity index (χ0) is 15.7. The van der Waals surface area contributed by atoms with Gasteiger partial charge in [0.05, 0.1) is 5.75 Å². The molecule has 1 aliphatic heterocycles. The van der Waals surface area contributed by atoms with Gasteiger partial charge in [-0.05, 0) is 37.0 Å². The van der Waals surface area contributed by atoms with Crippen molar-refractivity contribution in [1.29, 1.82) is 0 Å². The minimum absolute atomic E-state index is 0.212. The van der Waals surface area contributed by atoms with Crippen molar-refractivity contribution in [3.63, 3.8) is 0 Å². The lowest BCUT2D eigenvalue weighted by atomic mass is 9.95. The van der Waals surface area contributed by atoms with E-state index in [-0.39, 0.29) is 18.7 Å². The van der Waals surface area contributed by atoms with E-state index in [9.17, 15) is 22.7 Å². The summed E-state index contributed by atoms with van der Waals surface area (Å²) < 4.78 is 39.0. The summed E-state index contributed by atoms with van der Waals surface area (Å²) in [6.45, 7) is 1.89. The Morgan fingerprint density at radius 1 is 1.38 bits per heavy atom. The summed E-state index contributed by atoms with van der Waals surface area (Å²) >= 11 is 0. The zero-order valence-corrected chi connectivity index (χ0v) is 12.6. The molecule has 0 radical (unpaired) electrons. The normalized spacial score (nSPS) is 23.3. The van der Waals surface area contributed by atoms with Crippen LogP contribution in [0.5, 0.6) is 0 Å². The van der Waals surface area contributed by atoms with E-state index in [0.29, 0.717) is 18.4 Å². The van der Waals surface area contributed by atoms with Gasteiger partial charge in [-0.1, -0.05) is 19.1 Å². The van der Waals surface area contributed by atoms with Crippen LogP contribution in [0.1, 0.15) is 31.7 Å². The molecule has 1 saturated heterocycles. The number of carboxylic acid groups (broad SMARTS) is 1. The highest BCUT2D eigenvalue weighted by molar-refractivity contribution is 7.88. The van der Waals surface area contributed by atoms with Gasteiger partial charge in [-0.2, -0.15) is 4.31 Å². The van der Waals surface area contributed by atoms with Crippen LogP contribution in [0.3, 0.4) is 0 Å². The minimum Gasteiger partial charge on any atom is -0.480 e. The van der Waals surface area contributed by atoms with Gasteiger partial charge in [-0.3, -0.25) is 4.79 Å². The van der Waals surface area contributed by atoms with E-state index in [2.05, 4.69) is 0 Å². The topological polar surface area (TPSA) is 74.7 Å². The Hall–Kier alpha value is -1.47. The number of halogens is 1. The predicted molar refractivity (Wildman–Crippen MR) is 75.6 cm³/mol. The van der Waals surface area contributed by atoms with Gasteiger partial charge < -0.3 is 5.11 Å². The lowest BCUT2D eigenvalue weighted by Gasteiger charge is -2.32. The molecule has 5 nitrogen and oxygen atoms in total. The molecule has 1 aromatic rings. The first-order valence-corrected chi connectivity index (χ1v) is 8.41. The molecule has 0 aromatic heterocycles. The molecular weight excluding hydrogens is 297 g/mol. The fourth-order valence-electron chi connectivity index (χ4n) is 2.85. The van der Waals surface area contributed by atoms with Crippen LogP contribution in [0, 0.1) is 5.82 Å². The van der Waals surface area contributed by atoms with Crippen molar-refractivity contribution >= 4 is 16.0 Å². The van der Waals surface area contributed by atoms with Gasteiger partial charge in [0.1, 0.15) is 11.4 Å². The zero-order valence-electron chi connectivity index (χ0n) is 11.8. The number of hydrogen-bond acceptors (Lipinski definition) is 3. The van der Waals surface area contributed by atoms with Crippen LogP contribution in [0.25, 0.3) is 0 Å². The first-order valence-electron chi connectivity index (χ1n) is 6.80. The summed E-state index contributed by atoms with van der Waals surface area (Å²) in [5, 5.41) is 9.44. The maximum atomic E-state index is 12.9. The van der Waals surface area contributed by atoms with Crippen LogP contribution < -0.4 is 0 Å².